The van der Waals surface area contributed by atoms with Crippen molar-refractivity contribution in [3.05, 3.63) is 29.3 Å². The van der Waals surface area contributed by atoms with Gasteiger partial charge in [0, 0.05) is 7.11 Å². The van der Waals surface area contributed by atoms with Crippen molar-refractivity contribution in [2.75, 3.05) is 46.8 Å². The van der Waals surface area contributed by atoms with Gasteiger partial charge in [-0.15, -0.1) is 0 Å². The van der Waals surface area contributed by atoms with Crippen molar-refractivity contribution in [3.63, 3.8) is 0 Å². The molecular formula is C15H20O8. The van der Waals surface area contributed by atoms with Crippen molar-refractivity contribution in [2.45, 2.75) is 0 Å². The minimum absolute atomic E-state index is 0.146. The molecule has 0 heterocycles. The highest BCUT2D eigenvalue weighted by molar-refractivity contribution is 5.94. The van der Waals surface area contributed by atoms with Crippen LogP contribution in [0.15, 0.2) is 18.2 Å². The van der Waals surface area contributed by atoms with Crippen LogP contribution in [-0.4, -0.2) is 68.9 Å². The van der Waals surface area contributed by atoms with E-state index in [0.29, 0.717) is 26.4 Å². The smallest absolute Gasteiger partial charge is 0.335 e. The third-order valence-electron chi connectivity index (χ3n) is 2.70. The summed E-state index contributed by atoms with van der Waals surface area (Å²) in [7, 11) is 1.59. The molecule has 0 bridgehead atoms. The molecule has 0 saturated carbocycles. The molecule has 0 aliphatic heterocycles. The molecule has 128 valence electrons. The standard InChI is InChI=1S/C15H20O8/c1-20-2-3-21-4-5-22-6-7-23-13-9-11(14(16)17)8-12(10-13)15(18)19/h8-10H,2-7H2,1H3,(H,16,17)(H,18,19). The fraction of sp³-hybridized carbons (Fsp3) is 0.467. The van der Waals surface area contributed by atoms with Gasteiger partial charge in [0.25, 0.3) is 0 Å². The Morgan fingerprint density at radius 1 is 0.826 bits per heavy atom. The average molecular weight is 328 g/mol. The Balaban J connectivity index is 2.34. The highest BCUT2D eigenvalue weighted by Crippen LogP contribution is 2.17. The summed E-state index contributed by atoms with van der Waals surface area (Å²) in [6, 6.07) is 3.61. The number of hydrogen-bond acceptors (Lipinski definition) is 6. The molecule has 1 aromatic rings. The topological polar surface area (TPSA) is 112 Å². The minimum Gasteiger partial charge on any atom is -0.491 e. The lowest BCUT2D eigenvalue weighted by atomic mass is 10.1. The summed E-state index contributed by atoms with van der Waals surface area (Å²) in [5, 5.41) is 17.9. The van der Waals surface area contributed by atoms with Crippen LogP contribution < -0.4 is 4.74 Å². The average Bonchev–Trinajstić information content (AvgIpc) is 2.53. The maximum absolute atomic E-state index is 11.0. The van der Waals surface area contributed by atoms with Crippen molar-refractivity contribution < 1.29 is 38.7 Å². The van der Waals surface area contributed by atoms with Crippen molar-refractivity contribution in [1.82, 2.24) is 0 Å². The van der Waals surface area contributed by atoms with Crippen molar-refractivity contribution in [1.29, 1.82) is 0 Å². The van der Waals surface area contributed by atoms with Crippen LogP contribution in [0.2, 0.25) is 0 Å². The second-order valence-corrected chi connectivity index (χ2v) is 4.42. The summed E-state index contributed by atoms with van der Waals surface area (Å²) < 4.78 is 20.6. The normalized spacial score (nSPS) is 10.5. The van der Waals surface area contributed by atoms with E-state index in [1.165, 1.54) is 12.1 Å². The number of carboxylic acids is 2. The Hall–Kier alpha value is -2.16. The van der Waals surface area contributed by atoms with Crippen LogP contribution in [0, 0.1) is 0 Å². The molecule has 0 aliphatic rings. The number of aromatic carboxylic acids is 2. The number of benzene rings is 1. The number of rotatable bonds is 12. The minimum atomic E-state index is -1.22. The Labute approximate surface area is 133 Å². The van der Waals surface area contributed by atoms with Gasteiger partial charge in [0.2, 0.25) is 0 Å². The second kappa shape index (κ2) is 10.5. The first-order valence-corrected chi connectivity index (χ1v) is 6.93. The molecule has 2 N–H and O–H groups in total. The number of methoxy groups -OCH3 is 1. The lowest BCUT2D eigenvalue weighted by Crippen LogP contribution is -2.12. The van der Waals surface area contributed by atoms with E-state index in [0.717, 1.165) is 6.07 Å². The maximum Gasteiger partial charge on any atom is 0.335 e. The fourth-order valence-electron chi connectivity index (χ4n) is 1.61. The Bertz CT molecular complexity index is 482. The fourth-order valence-corrected chi connectivity index (χ4v) is 1.61. The summed E-state index contributed by atoms with van der Waals surface area (Å²) in [4.78, 5) is 21.9. The Morgan fingerprint density at radius 3 is 1.78 bits per heavy atom. The van der Waals surface area contributed by atoms with Gasteiger partial charge in [-0.05, 0) is 18.2 Å². The molecule has 0 aliphatic carbocycles. The molecule has 0 atom stereocenters. The number of carbonyl (C=O) groups is 2. The van der Waals surface area contributed by atoms with Gasteiger partial charge in [-0.1, -0.05) is 0 Å². The Kier molecular flexibility index (Phi) is 8.66. The zero-order chi connectivity index (χ0) is 17.1. The molecular weight excluding hydrogens is 308 g/mol. The van der Waals surface area contributed by atoms with E-state index in [1.807, 2.05) is 0 Å². The third-order valence-corrected chi connectivity index (χ3v) is 2.70. The van der Waals surface area contributed by atoms with Gasteiger partial charge in [-0.2, -0.15) is 0 Å². The summed E-state index contributed by atoms with van der Waals surface area (Å²) in [6.45, 7) is 2.28. The molecule has 0 spiro atoms. The molecule has 1 aromatic carbocycles. The van der Waals surface area contributed by atoms with Gasteiger partial charge in [0.15, 0.2) is 0 Å². The highest BCUT2D eigenvalue weighted by Gasteiger charge is 2.12. The first kappa shape index (κ1) is 18.9. The predicted molar refractivity (Wildman–Crippen MR) is 79.4 cm³/mol. The van der Waals surface area contributed by atoms with Crippen LogP contribution in [0.5, 0.6) is 5.75 Å². The number of carboxylic acid groups (broad SMARTS) is 2. The van der Waals surface area contributed by atoms with E-state index in [-0.39, 0.29) is 30.1 Å². The first-order chi connectivity index (χ1) is 11.0. The maximum atomic E-state index is 11.0. The SMILES string of the molecule is COCCOCCOCCOc1cc(C(=O)O)cc(C(=O)O)c1. The first-order valence-electron chi connectivity index (χ1n) is 6.93. The zero-order valence-corrected chi connectivity index (χ0v) is 12.8. The van der Waals surface area contributed by atoms with Crippen molar-refractivity contribution in [3.8, 4) is 5.75 Å². The molecule has 1 rings (SSSR count). The van der Waals surface area contributed by atoms with Gasteiger partial charge in [0.05, 0.1) is 44.2 Å². The van der Waals surface area contributed by atoms with E-state index < -0.39 is 11.9 Å². The molecule has 23 heavy (non-hydrogen) atoms. The van der Waals surface area contributed by atoms with Gasteiger partial charge in [-0.25, -0.2) is 9.59 Å². The largest absolute Gasteiger partial charge is 0.491 e. The lowest BCUT2D eigenvalue weighted by molar-refractivity contribution is 0.0179. The van der Waals surface area contributed by atoms with Crippen LogP contribution in [0.1, 0.15) is 20.7 Å². The molecule has 0 radical (unpaired) electrons. The van der Waals surface area contributed by atoms with Crippen LogP contribution in [0.25, 0.3) is 0 Å². The molecule has 8 nitrogen and oxygen atoms in total. The van der Waals surface area contributed by atoms with Gasteiger partial charge in [-0.3, -0.25) is 0 Å². The second-order valence-electron chi connectivity index (χ2n) is 4.42. The van der Waals surface area contributed by atoms with E-state index in [1.54, 1.807) is 7.11 Å². The van der Waals surface area contributed by atoms with E-state index in [4.69, 9.17) is 29.2 Å². The van der Waals surface area contributed by atoms with E-state index in [9.17, 15) is 9.59 Å². The summed E-state index contributed by atoms with van der Waals surface area (Å²) in [5.41, 5.74) is -0.292. The van der Waals surface area contributed by atoms with Gasteiger partial charge < -0.3 is 29.2 Å². The molecule has 0 aromatic heterocycles. The Morgan fingerprint density at radius 2 is 1.30 bits per heavy atom. The third kappa shape index (κ3) is 7.59. The lowest BCUT2D eigenvalue weighted by Gasteiger charge is -2.09. The predicted octanol–water partition coefficient (Wildman–Crippen LogP) is 1.14. The number of ether oxygens (including phenoxy) is 4. The molecule has 0 saturated heterocycles. The van der Waals surface area contributed by atoms with Crippen molar-refractivity contribution >= 4 is 11.9 Å². The van der Waals surface area contributed by atoms with Gasteiger partial charge in [0.1, 0.15) is 12.4 Å². The molecule has 0 amide bonds. The van der Waals surface area contributed by atoms with Crippen molar-refractivity contribution in [2.24, 2.45) is 0 Å². The van der Waals surface area contributed by atoms with Crippen LogP contribution in [0.3, 0.4) is 0 Å². The van der Waals surface area contributed by atoms with Crippen LogP contribution >= 0.6 is 0 Å². The summed E-state index contributed by atoms with van der Waals surface area (Å²) in [5.74, 6) is -2.27. The van der Waals surface area contributed by atoms with E-state index in [2.05, 4.69) is 0 Å². The summed E-state index contributed by atoms with van der Waals surface area (Å²) in [6.07, 6.45) is 0. The van der Waals surface area contributed by atoms with Crippen LogP contribution in [-0.2, 0) is 14.2 Å². The molecule has 0 unspecified atom stereocenters. The van der Waals surface area contributed by atoms with E-state index >= 15 is 0 Å². The molecule has 0 fully saturated rings. The van der Waals surface area contributed by atoms with Crippen LogP contribution in [0.4, 0.5) is 0 Å². The highest BCUT2D eigenvalue weighted by atomic mass is 16.6. The molecule has 8 heteroatoms. The summed E-state index contributed by atoms with van der Waals surface area (Å²) >= 11 is 0. The zero-order valence-electron chi connectivity index (χ0n) is 12.8. The number of hydrogen-bond donors (Lipinski definition) is 2. The quantitative estimate of drug-likeness (QED) is 0.549. The monoisotopic (exact) mass is 328 g/mol. The van der Waals surface area contributed by atoms with Gasteiger partial charge >= 0.3 is 11.9 Å².